The minimum Gasteiger partial charge on any atom is -0.457 e. The lowest BCUT2D eigenvalue weighted by molar-refractivity contribution is -0.148. The van der Waals surface area contributed by atoms with Crippen LogP contribution in [0, 0.1) is 5.92 Å². The number of Topliss-reactive ketones (excluding diaryl/α,β-unsaturated/α-hetero) is 1. The smallest absolute Gasteiger partial charge is 0.309 e. The van der Waals surface area contributed by atoms with Gasteiger partial charge in [-0.05, 0) is 30.9 Å². The number of aromatic nitrogens is 2. The molecule has 0 aliphatic carbocycles. The predicted octanol–water partition coefficient (Wildman–Crippen LogP) is 3.07. The summed E-state index contributed by atoms with van der Waals surface area (Å²) in [5.74, 6) is 0.0526. The van der Waals surface area contributed by atoms with Crippen LogP contribution in [0.5, 0.6) is 0 Å². The Morgan fingerprint density at radius 2 is 1.78 bits per heavy atom. The number of ether oxygens (including phenoxy) is 1. The van der Waals surface area contributed by atoms with E-state index in [0.29, 0.717) is 37.4 Å². The molecule has 2 aromatic rings. The van der Waals surface area contributed by atoms with Crippen molar-refractivity contribution >= 4 is 17.7 Å². The minimum absolute atomic E-state index is 0.165. The summed E-state index contributed by atoms with van der Waals surface area (Å²) >= 11 is 0. The van der Waals surface area contributed by atoms with Gasteiger partial charge in [0.2, 0.25) is 5.95 Å². The number of nitrogens with zero attached hydrogens (tertiary/aromatic N) is 3. The third-order valence-corrected chi connectivity index (χ3v) is 4.82. The average molecular weight is 367 g/mol. The van der Waals surface area contributed by atoms with E-state index in [4.69, 9.17) is 4.74 Å². The van der Waals surface area contributed by atoms with Crippen LogP contribution in [0.1, 0.15) is 42.1 Å². The van der Waals surface area contributed by atoms with Gasteiger partial charge in [-0.1, -0.05) is 37.6 Å². The van der Waals surface area contributed by atoms with Crippen molar-refractivity contribution in [2.45, 2.75) is 32.6 Å². The summed E-state index contributed by atoms with van der Waals surface area (Å²) in [5, 5.41) is 0. The zero-order chi connectivity index (χ0) is 19.1. The van der Waals surface area contributed by atoms with Gasteiger partial charge in [-0.25, -0.2) is 9.97 Å². The van der Waals surface area contributed by atoms with Gasteiger partial charge in [0.05, 0.1) is 5.92 Å². The summed E-state index contributed by atoms with van der Waals surface area (Å²) in [4.78, 5) is 35.1. The molecule has 1 aliphatic rings. The Bertz CT molecular complexity index is 754. The number of anilines is 1. The standard InChI is InChI=1S/C21H25N3O3/c1-2-4-16-5-7-17(8-6-16)19(25)15-27-20(26)18-9-13-24(14-10-18)21-22-11-3-12-23-21/h3,5-8,11-12,18H,2,4,9-10,13-15H2,1H3. The third-order valence-electron chi connectivity index (χ3n) is 4.82. The maximum atomic E-state index is 12.3. The maximum Gasteiger partial charge on any atom is 0.309 e. The van der Waals surface area contributed by atoms with Crippen LogP contribution in [0.2, 0.25) is 0 Å². The van der Waals surface area contributed by atoms with Gasteiger partial charge >= 0.3 is 5.97 Å². The molecule has 0 saturated carbocycles. The molecule has 0 N–H and O–H groups in total. The molecule has 142 valence electrons. The van der Waals surface area contributed by atoms with Gasteiger partial charge in [-0.15, -0.1) is 0 Å². The Balaban J connectivity index is 1.45. The summed E-state index contributed by atoms with van der Waals surface area (Å²) in [6.07, 6.45) is 6.84. The van der Waals surface area contributed by atoms with Crippen molar-refractivity contribution in [2.24, 2.45) is 5.92 Å². The van der Waals surface area contributed by atoms with E-state index in [1.807, 2.05) is 12.1 Å². The fourth-order valence-corrected chi connectivity index (χ4v) is 3.25. The summed E-state index contributed by atoms with van der Waals surface area (Å²) in [7, 11) is 0. The average Bonchev–Trinajstić information content (AvgIpc) is 2.73. The lowest BCUT2D eigenvalue weighted by atomic mass is 9.97. The molecule has 1 aliphatic heterocycles. The molecule has 0 amide bonds. The van der Waals surface area contributed by atoms with Crippen LogP contribution >= 0.6 is 0 Å². The highest BCUT2D eigenvalue weighted by molar-refractivity contribution is 5.98. The molecule has 1 aromatic heterocycles. The fourth-order valence-electron chi connectivity index (χ4n) is 3.25. The van der Waals surface area contributed by atoms with Crippen LogP contribution < -0.4 is 4.90 Å². The number of hydrogen-bond donors (Lipinski definition) is 0. The number of aryl methyl sites for hydroxylation is 1. The van der Waals surface area contributed by atoms with E-state index in [9.17, 15) is 9.59 Å². The highest BCUT2D eigenvalue weighted by Gasteiger charge is 2.27. The van der Waals surface area contributed by atoms with E-state index >= 15 is 0 Å². The van der Waals surface area contributed by atoms with Crippen molar-refractivity contribution in [3.63, 3.8) is 0 Å². The van der Waals surface area contributed by atoms with E-state index in [2.05, 4.69) is 21.8 Å². The van der Waals surface area contributed by atoms with Crippen LogP contribution in [-0.2, 0) is 16.0 Å². The predicted molar refractivity (Wildman–Crippen MR) is 103 cm³/mol. The van der Waals surface area contributed by atoms with Gasteiger partial charge in [0.15, 0.2) is 12.4 Å². The Morgan fingerprint density at radius 1 is 1.11 bits per heavy atom. The van der Waals surface area contributed by atoms with Gasteiger partial charge in [0, 0.05) is 31.0 Å². The summed E-state index contributed by atoms with van der Waals surface area (Å²) in [6, 6.07) is 9.31. The van der Waals surface area contributed by atoms with Gasteiger partial charge in [-0.3, -0.25) is 9.59 Å². The molecule has 0 unspecified atom stereocenters. The Kier molecular flexibility index (Phi) is 6.52. The molecule has 0 atom stereocenters. The summed E-state index contributed by atoms with van der Waals surface area (Å²) in [6.45, 7) is 3.33. The quantitative estimate of drug-likeness (QED) is 0.553. The van der Waals surface area contributed by atoms with Crippen molar-refractivity contribution in [2.75, 3.05) is 24.6 Å². The van der Waals surface area contributed by atoms with Crippen LogP contribution in [0.25, 0.3) is 0 Å². The highest BCUT2D eigenvalue weighted by atomic mass is 16.5. The lowest BCUT2D eigenvalue weighted by Crippen LogP contribution is -2.38. The molecule has 6 nitrogen and oxygen atoms in total. The van der Waals surface area contributed by atoms with Crippen molar-refractivity contribution in [3.05, 3.63) is 53.9 Å². The second-order valence-corrected chi connectivity index (χ2v) is 6.79. The summed E-state index contributed by atoms with van der Waals surface area (Å²) < 4.78 is 5.28. The van der Waals surface area contributed by atoms with Crippen molar-refractivity contribution in [1.82, 2.24) is 9.97 Å². The number of benzene rings is 1. The first-order valence-electron chi connectivity index (χ1n) is 9.48. The number of hydrogen-bond acceptors (Lipinski definition) is 6. The largest absolute Gasteiger partial charge is 0.457 e. The first-order valence-corrected chi connectivity index (χ1v) is 9.48. The molecule has 1 aromatic carbocycles. The molecule has 3 rings (SSSR count). The van der Waals surface area contributed by atoms with E-state index in [1.165, 1.54) is 5.56 Å². The highest BCUT2D eigenvalue weighted by Crippen LogP contribution is 2.21. The second kappa shape index (κ2) is 9.26. The van der Waals surface area contributed by atoms with Gasteiger partial charge in [0.1, 0.15) is 0 Å². The van der Waals surface area contributed by atoms with Gasteiger partial charge < -0.3 is 9.64 Å². The number of piperidine rings is 1. The zero-order valence-electron chi connectivity index (χ0n) is 15.6. The van der Waals surface area contributed by atoms with Crippen LogP contribution in [0.4, 0.5) is 5.95 Å². The molecule has 0 spiro atoms. The maximum absolute atomic E-state index is 12.3. The monoisotopic (exact) mass is 367 g/mol. The van der Waals surface area contributed by atoms with E-state index in [1.54, 1.807) is 30.6 Å². The molecular weight excluding hydrogens is 342 g/mol. The molecule has 6 heteroatoms. The topological polar surface area (TPSA) is 72.4 Å². The van der Waals surface area contributed by atoms with Gasteiger partial charge in [-0.2, -0.15) is 0 Å². The SMILES string of the molecule is CCCc1ccc(C(=O)COC(=O)C2CCN(c3ncccn3)CC2)cc1. The third kappa shape index (κ3) is 5.12. The second-order valence-electron chi connectivity index (χ2n) is 6.79. The number of ketones is 1. The van der Waals surface area contributed by atoms with E-state index in [-0.39, 0.29) is 24.3 Å². The van der Waals surface area contributed by atoms with Crippen LogP contribution in [0.15, 0.2) is 42.7 Å². The Hall–Kier alpha value is -2.76. The zero-order valence-corrected chi connectivity index (χ0v) is 15.6. The number of carbonyl (C=O) groups is 2. The van der Waals surface area contributed by atoms with E-state index < -0.39 is 0 Å². The van der Waals surface area contributed by atoms with Crippen LogP contribution in [0.3, 0.4) is 0 Å². The number of carbonyl (C=O) groups excluding carboxylic acids is 2. The first-order chi connectivity index (χ1) is 13.2. The molecule has 0 radical (unpaired) electrons. The first kappa shape index (κ1) is 19.0. The molecule has 1 fully saturated rings. The molecular formula is C21H25N3O3. The summed E-state index contributed by atoms with van der Waals surface area (Å²) in [5.41, 5.74) is 1.79. The molecule has 2 heterocycles. The van der Waals surface area contributed by atoms with Crippen molar-refractivity contribution in [3.8, 4) is 0 Å². The number of esters is 1. The molecule has 0 bridgehead atoms. The molecule has 1 saturated heterocycles. The Morgan fingerprint density at radius 3 is 2.41 bits per heavy atom. The molecule has 27 heavy (non-hydrogen) atoms. The Labute approximate surface area is 159 Å². The normalized spacial score (nSPS) is 14.8. The van der Waals surface area contributed by atoms with Crippen molar-refractivity contribution in [1.29, 1.82) is 0 Å². The number of rotatable bonds is 7. The van der Waals surface area contributed by atoms with Gasteiger partial charge in [0.25, 0.3) is 0 Å². The van der Waals surface area contributed by atoms with E-state index in [0.717, 1.165) is 12.8 Å². The van der Waals surface area contributed by atoms with Crippen molar-refractivity contribution < 1.29 is 14.3 Å². The lowest BCUT2D eigenvalue weighted by Gasteiger charge is -2.30. The minimum atomic E-state index is -0.292. The van der Waals surface area contributed by atoms with Crippen LogP contribution in [-0.4, -0.2) is 41.4 Å². The fraction of sp³-hybridized carbons (Fsp3) is 0.429.